The Hall–Kier alpha value is 0.0934. The van der Waals surface area contributed by atoms with Gasteiger partial charge in [0.25, 0.3) is 0 Å². The molecule has 0 fully saturated rings. The summed E-state index contributed by atoms with van der Waals surface area (Å²) in [6, 6.07) is 0. The minimum atomic E-state index is 0.125. The molecule has 0 saturated carbocycles. The first-order valence-corrected chi connectivity index (χ1v) is 1.79. The molecule has 0 rings (SSSR count). The van der Waals surface area contributed by atoms with Gasteiger partial charge in [0.05, 0.1) is 0 Å². The Bertz CT molecular complexity index is 8.00. The van der Waals surface area contributed by atoms with E-state index in [0.29, 0.717) is 0 Å². The first-order valence-electron chi connectivity index (χ1n) is 0.577. The van der Waals surface area contributed by atoms with Crippen LogP contribution in [0.2, 0.25) is 0 Å². The molecule has 3 heteroatoms. The average molecular weight is 111 g/mol. The van der Waals surface area contributed by atoms with Crippen LogP contribution >= 0.6 is 0 Å². The molecule has 20 valence electrons. The molecule has 0 aromatic carbocycles. The molecule has 0 unspecified atom stereocenters. The first kappa shape index (κ1) is 8.94. The summed E-state index contributed by atoms with van der Waals surface area (Å²) in [5, 5.41) is 0. The van der Waals surface area contributed by atoms with Gasteiger partial charge in [-0.05, 0) is 0 Å². The van der Waals surface area contributed by atoms with E-state index in [1.165, 1.54) is 0 Å². The van der Waals surface area contributed by atoms with E-state index in [9.17, 15) is 0 Å². The summed E-state index contributed by atoms with van der Waals surface area (Å²) in [7, 11) is 0. The van der Waals surface area contributed by atoms with Gasteiger partial charge in [0.15, 0.2) is 0 Å². The Kier molecular flexibility index (Phi) is 3470. The van der Waals surface area contributed by atoms with E-state index in [2.05, 4.69) is 0 Å². The van der Waals surface area contributed by atoms with Crippen LogP contribution in [0, 0.1) is 0 Å². The molecule has 0 spiro atoms. The van der Waals surface area contributed by atoms with Gasteiger partial charge in [-0.25, -0.2) is 0 Å². The fourth-order valence-corrected chi connectivity index (χ4v) is 0. The molecule has 0 amide bonds. The first-order chi connectivity index (χ1) is 2.00. The van der Waals surface area contributed by atoms with Gasteiger partial charge in [-0.1, -0.05) is 0 Å². The second kappa shape index (κ2) is 1550. The molecule has 0 atom stereocenters. The topological polar surface area (TPSA) is 34.1 Å². The fourth-order valence-electron chi connectivity index (χ4n) is 0. The number of carbonyl (C=O) groups excluding carboxylic acids is 1. The molecule has 0 N–H and O–H groups in total. The van der Waals surface area contributed by atoms with Crippen LogP contribution in [-0.4, -0.2) is 6.79 Å². The number of rotatable bonds is 0. The second-order valence-corrected chi connectivity index (χ2v) is 0. The van der Waals surface area contributed by atoms with E-state index in [-0.39, 0.29) is 18.3 Å². The van der Waals surface area contributed by atoms with Crippen molar-refractivity contribution in [1.29, 1.82) is 0 Å². The van der Waals surface area contributed by atoms with Crippen molar-refractivity contribution < 1.29 is 26.6 Å². The Morgan fingerprint density at radius 3 is 1.25 bits per heavy atom. The Balaban J connectivity index is 0. The van der Waals surface area contributed by atoms with Crippen molar-refractivity contribution in [2.75, 3.05) is 0 Å². The van der Waals surface area contributed by atoms with Gasteiger partial charge in [0.2, 0.25) is 0 Å². The summed E-state index contributed by atoms with van der Waals surface area (Å²) < 4.78 is 8.38. The van der Waals surface area contributed by atoms with E-state index >= 15 is 0 Å². The predicted octanol–water partition coefficient (Wildman–Crippen LogP) is -0.306. The molecule has 4 heavy (non-hydrogen) atoms. The maximum atomic E-state index is 8.38. The summed E-state index contributed by atoms with van der Waals surface area (Å²) in [5.74, 6) is 0. The molecular weight excluding hydrogens is 109 g/mol. The van der Waals surface area contributed by atoms with Gasteiger partial charge in [-0.2, -0.15) is 0 Å². The summed E-state index contributed by atoms with van der Waals surface area (Å²) in [6.07, 6.45) is 0. The van der Waals surface area contributed by atoms with E-state index in [0.717, 1.165) is 0 Å². The van der Waals surface area contributed by atoms with Crippen molar-refractivity contribution in [2.24, 2.45) is 0 Å². The monoisotopic (exact) mass is 110 g/mol. The number of carbonyl (C=O) groups is 1. The van der Waals surface area contributed by atoms with Gasteiger partial charge in [-0.15, -0.1) is 0 Å². The number of hydrogen-bond acceptors (Lipinski definition) is 2. The maximum absolute atomic E-state index is 8.38. The van der Waals surface area contributed by atoms with E-state index in [1.54, 1.807) is 0 Å². The Morgan fingerprint density at radius 1 is 1.25 bits per heavy atom. The predicted molar refractivity (Wildman–Crippen MR) is 7.81 cm³/mol. The molecular formula is CH2O2Zn. The zero-order valence-corrected chi connectivity index (χ0v) is 5.20. The van der Waals surface area contributed by atoms with E-state index < -0.39 is 0 Å². The van der Waals surface area contributed by atoms with Crippen molar-refractivity contribution in [1.82, 2.24) is 0 Å². The Morgan fingerprint density at radius 2 is 1.25 bits per heavy atom. The van der Waals surface area contributed by atoms with Crippen molar-refractivity contribution in [3.63, 3.8) is 0 Å². The zero-order chi connectivity index (χ0) is 4.00. The fraction of sp³-hybridized carbons (Fsp3) is 0. The average Bonchev–Trinajstić information content (AvgIpc) is 1.50. The van der Waals surface area contributed by atoms with Crippen LogP contribution in [0.1, 0.15) is 0 Å². The molecule has 0 heterocycles. The van der Waals surface area contributed by atoms with Crippen molar-refractivity contribution in [3.05, 3.63) is 0 Å². The van der Waals surface area contributed by atoms with Gasteiger partial charge >= 0.3 is 21.8 Å². The molecule has 0 aliphatic heterocycles. The minimum absolute atomic E-state index is 0.125. The third kappa shape index (κ3) is 287. The normalized spacial score (nSPS) is 2.50. The van der Waals surface area contributed by atoms with Gasteiger partial charge in [0.1, 0.15) is 6.79 Å². The summed E-state index contributed by atoms with van der Waals surface area (Å²) >= 11 is 0.125. The van der Waals surface area contributed by atoms with Crippen LogP contribution in [0.4, 0.5) is 0 Å². The summed E-state index contributed by atoms with van der Waals surface area (Å²) in [4.78, 5) is 8.00. The van der Waals surface area contributed by atoms with Gasteiger partial charge < -0.3 is 4.79 Å². The van der Waals surface area contributed by atoms with Crippen LogP contribution in [0.15, 0.2) is 0 Å². The summed E-state index contributed by atoms with van der Waals surface area (Å²) in [5.41, 5.74) is 0. The molecule has 0 aromatic heterocycles. The van der Waals surface area contributed by atoms with Crippen LogP contribution in [0.5, 0.6) is 0 Å². The van der Waals surface area contributed by atoms with E-state index in [4.69, 9.17) is 8.37 Å². The van der Waals surface area contributed by atoms with Gasteiger partial charge in [-0.3, -0.25) is 0 Å². The molecule has 0 saturated heterocycles. The van der Waals surface area contributed by atoms with Crippen molar-refractivity contribution in [3.8, 4) is 0 Å². The van der Waals surface area contributed by atoms with Gasteiger partial charge in [0, 0.05) is 0 Å². The van der Waals surface area contributed by atoms with Crippen LogP contribution in [0.25, 0.3) is 0 Å². The molecule has 0 aliphatic carbocycles. The molecule has 0 aliphatic rings. The molecule has 0 radical (unpaired) electrons. The van der Waals surface area contributed by atoms with Crippen LogP contribution < -0.4 is 0 Å². The Labute approximate surface area is 34.1 Å². The van der Waals surface area contributed by atoms with Crippen LogP contribution in [0.3, 0.4) is 0 Å². The third-order valence-corrected chi connectivity index (χ3v) is 0. The van der Waals surface area contributed by atoms with Crippen molar-refractivity contribution in [2.45, 2.75) is 0 Å². The molecule has 2 nitrogen and oxygen atoms in total. The van der Waals surface area contributed by atoms with E-state index in [1.807, 2.05) is 6.79 Å². The second-order valence-electron chi connectivity index (χ2n) is 0. The summed E-state index contributed by atoms with van der Waals surface area (Å²) in [6.45, 7) is 2.00. The van der Waals surface area contributed by atoms with Crippen molar-refractivity contribution >= 4 is 6.79 Å². The zero-order valence-electron chi connectivity index (χ0n) is 2.23. The SMILES string of the molecule is C=O.[O]=[Zn]. The van der Waals surface area contributed by atoms with Crippen LogP contribution in [-0.2, 0) is 26.6 Å². The number of hydrogen-bond donors (Lipinski definition) is 0. The standard InChI is InChI=1S/CH2O.O.Zn/c1-2;;/h1H2;;. The molecule has 0 aromatic rings. The quantitative estimate of drug-likeness (QED) is 0.402. The third-order valence-electron chi connectivity index (χ3n) is 0. The molecule has 0 bridgehead atoms.